The molecule has 3 rings (SSSR count). The van der Waals surface area contributed by atoms with Gasteiger partial charge in [0.25, 0.3) is 0 Å². The van der Waals surface area contributed by atoms with Crippen LogP contribution in [0.4, 0.5) is 5.69 Å². The maximum Gasteiger partial charge on any atom is 0.341 e. The molecule has 0 atom stereocenters. The van der Waals surface area contributed by atoms with Crippen LogP contribution in [0.2, 0.25) is 0 Å². The van der Waals surface area contributed by atoms with E-state index in [1.807, 2.05) is 19.3 Å². The smallest absolute Gasteiger partial charge is 0.341 e. The van der Waals surface area contributed by atoms with E-state index < -0.39 is 10.0 Å². The highest BCUT2D eigenvalue weighted by atomic mass is 32.2. The van der Waals surface area contributed by atoms with Gasteiger partial charge in [0.05, 0.1) is 18.0 Å². The van der Waals surface area contributed by atoms with Gasteiger partial charge in [-0.1, -0.05) is 6.92 Å². The lowest BCUT2D eigenvalue weighted by Gasteiger charge is -2.36. The van der Waals surface area contributed by atoms with Gasteiger partial charge in [0.15, 0.2) is 0 Å². The Labute approximate surface area is 172 Å². The summed E-state index contributed by atoms with van der Waals surface area (Å²) in [5.41, 5.74) is 2.00. The van der Waals surface area contributed by atoms with Crippen molar-refractivity contribution < 1.29 is 17.9 Å². The number of hydrogen-bond donors (Lipinski definition) is 2. The summed E-state index contributed by atoms with van der Waals surface area (Å²) in [6.45, 7) is 4.30. The minimum atomic E-state index is -3.20. The highest BCUT2D eigenvalue weighted by Crippen LogP contribution is 2.35. The lowest BCUT2D eigenvalue weighted by atomic mass is 9.86. The molecule has 0 aliphatic heterocycles. The van der Waals surface area contributed by atoms with Crippen LogP contribution in [0.15, 0.2) is 18.5 Å². The van der Waals surface area contributed by atoms with E-state index in [-0.39, 0.29) is 23.7 Å². The second kappa shape index (κ2) is 9.13. The van der Waals surface area contributed by atoms with Crippen LogP contribution in [-0.2, 0) is 14.8 Å². The second-order valence-corrected chi connectivity index (χ2v) is 9.40. The van der Waals surface area contributed by atoms with Crippen molar-refractivity contribution in [1.29, 1.82) is 0 Å². The van der Waals surface area contributed by atoms with E-state index in [0.717, 1.165) is 42.4 Å². The van der Waals surface area contributed by atoms with Crippen LogP contribution in [0.5, 0.6) is 0 Å². The number of fused-ring (bicyclic) bond motifs is 1. The summed E-state index contributed by atoms with van der Waals surface area (Å²) in [5, 5.41) is 0.884. The standard InChI is InChI=1S/C20H30N4O4S/c1-4-23-29(26,27)13-14-6-8-15(9-7-14)24(3)18-16-10-11-21-19(16)22-12-17(18)20(25)28-5-2/h10-12,14-15,23H,4-9,13H2,1-3H3,(H,21,22)/t14-,15-. The van der Waals surface area contributed by atoms with Crippen molar-refractivity contribution in [2.24, 2.45) is 5.92 Å². The zero-order valence-electron chi connectivity index (χ0n) is 17.3. The van der Waals surface area contributed by atoms with Crippen molar-refractivity contribution in [3.63, 3.8) is 0 Å². The summed E-state index contributed by atoms with van der Waals surface area (Å²) in [6.07, 6.45) is 6.81. The molecule has 2 aromatic rings. The minimum Gasteiger partial charge on any atom is -0.462 e. The van der Waals surface area contributed by atoms with Crippen molar-refractivity contribution in [2.75, 3.05) is 30.9 Å². The van der Waals surface area contributed by atoms with Gasteiger partial charge < -0.3 is 14.6 Å². The molecule has 0 saturated heterocycles. The molecule has 1 aliphatic rings. The summed E-state index contributed by atoms with van der Waals surface area (Å²) in [7, 11) is -1.21. The van der Waals surface area contributed by atoms with Crippen LogP contribution in [0.1, 0.15) is 49.9 Å². The molecule has 2 N–H and O–H groups in total. The maximum absolute atomic E-state index is 12.5. The normalized spacial score (nSPS) is 20.0. The molecular formula is C20H30N4O4S. The topological polar surface area (TPSA) is 104 Å². The number of ether oxygens (including phenoxy) is 1. The fourth-order valence-corrected chi connectivity index (χ4v) is 5.71. The van der Waals surface area contributed by atoms with Crippen LogP contribution in [0.25, 0.3) is 11.0 Å². The van der Waals surface area contributed by atoms with E-state index in [0.29, 0.717) is 18.7 Å². The van der Waals surface area contributed by atoms with E-state index in [9.17, 15) is 13.2 Å². The molecule has 2 aromatic heterocycles. The van der Waals surface area contributed by atoms with Gasteiger partial charge in [-0.2, -0.15) is 0 Å². The number of esters is 1. The van der Waals surface area contributed by atoms with Gasteiger partial charge >= 0.3 is 5.97 Å². The lowest BCUT2D eigenvalue weighted by molar-refractivity contribution is 0.0526. The predicted molar refractivity (Wildman–Crippen MR) is 114 cm³/mol. The third-order valence-corrected chi connectivity index (χ3v) is 7.23. The number of pyridine rings is 1. The van der Waals surface area contributed by atoms with Crippen LogP contribution >= 0.6 is 0 Å². The summed E-state index contributed by atoms with van der Waals surface area (Å²) in [6, 6.07) is 2.15. The molecule has 0 unspecified atom stereocenters. The Morgan fingerprint density at radius 3 is 2.69 bits per heavy atom. The second-order valence-electron chi connectivity index (χ2n) is 7.55. The SMILES string of the molecule is CCNS(=O)(=O)C[C@H]1CC[C@H](N(C)c2c(C(=O)OCC)cnc3[nH]ccc23)CC1. The highest BCUT2D eigenvalue weighted by molar-refractivity contribution is 7.89. The average Bonchev–Trinajstić information content (AvgIpc) is 3.16. The maximum atomic E-state index is 12.5. The molecule has 1 aliphatic carbocycles. The average molecular weight is 423 g/mol. The number of nitrogens with one attached hydrogen (secondary N) is 2. The Morgan fingerprint density at radius 2 is 2.03 bits per heavy atom. The highest BCUT2D eigenvalue weighted by Gasteiger charge is 2.30. The molecule has 29 heavy (non-hydrogen) atoms. The van der Waals surface area contributed by atoms with Crippen molar-refractivity contribution in [3.8, 4) is 0 Å². The number of anilines is 1. The molecular weight excluding hydrogens is 392 g/mol. The predicted octanol–water partition coefficient (Wildman–Crippen LogP) is 2.67. The molecule has 1 fully saturated rings. The van der Waals surface area contributed by atoms with Gasteiger partial charge in [0.2, 0.25) is 10.0 Å². The molecule has 2 heterocycles. The summed E-state index contributed by atoms with van der Waals surface area (Å²) < 4.78 is 31.9. The lowest BCUT2D eigenvalue weighted by Crippen LogP contribution is -2.38. The van der Waals surface area contributed by atoms with Crippen LogP contribution < -0.4 is 9.62 Å². The largest absolute Gasteiger partial charge is 0.462 e. The van der Waals surface area contributed by atoms with Gasteiger partial charge in [-0.25, -0.2) is 22.9 Å². The molecule has 0 aromatic carbocycles. The molecule has 1 saturated carbocycles. The van der Waals surface area contributed by atoms with E-state index in [1.54, 1.807) is 20.0 Å². The number of rotatable bonds is 8. The number of aromatic amines is 1. The Balaban J connectivity index is 1.78. The number of nitrogens with zero attached hydrogens (tertiary/aromatic N) is 2. The third-order valence-electron chi connectivity index (χ3n) is 5.59. The Bertz CT molecular complexity index is 949. The van der Waals surface area contributed by atoms with Crippen LogP contribution in [-0.4, -0.2) is 56.3 Å². The molecule has 0 spiro atoms. The van der Waals surface area contributed by atoms with Gasteiger partial charge in [0.1, 0.15) is 11.2 Å². The van der Waals surface area contributed by atoms with Gasteiger partial charge in [0, 0.05) is 37.4 Å². The Kier molecular flexibility index (Phi) is 6.79. The summed E-state index contributed by atoms with van der Waals surface area (Å²) >= 11 is 0. The fraction of sp³-hybridized carbons (Fsp3) is 0.600. The summed E-state index contributed by atoms with van der Waals surface area (Å²) in [4.78, 5) is 22.1. The van der Waals surface area contributed by atoms with Crippen LogP contribution in [0.3, 0.4) is 0 Å². The van der Waals surface area contributed by atoms with Crippen LogP contribution in [0, 0.1) is 5.92 Å². The van der Waals surface area contributed by atoms with Crippen molar-refractivity contribution in [3.05, 3.63) is 24.0 Å². The molecule has 9 heteroatoms. The molecule has 0 radical (unpaired) electrons. The number of hydrogen-bond acceptors (Lipinski definition) is 6. The first-order valence-electron chi connectivity index (χ1n) is 10.2. The first kappa shape index (κ1) is 21.6. The molecule has 8 nitrogen and oxygen atoms in total. The first-order valence-corrected chi connectivity index (χ1v) is 11.8. The monoisotopic (exact) mass is 422 g/mol. The first-order chi connectivity index (χ1) is 13.9. The van der Waals surface area contributed by atoms with E-state index in [1.165, 1.54) is 0 Å². The Hall–Kier alpha value is -2.13. The third kappa shape index (κ3) is 4.90. The number of sulfonamides is 1. The van der Waals surface area contributed by atoms with E-state index >= 15 is 0 Å². The van der Waals surface area contributed by atoms with E-state index in [2.05, 4.69) is 19.6 Å². The molecule has 160 valence electrons. The van der Waals surface area contributed by atoms with Gasteiger partial charge in [-0.05, 0) is 44.6 Å². The summed E-state index contributed by atoms with van der Waals surface area (Å²) in [5.74, 6) is -0.0313. The van der Waals surface area contributed by atoms with Gasteiger partial charge in [-0.3, -0.25) is 0 Å². The molecule has 0 bridgehead atoms. The van der Waals surface area contributed by atoms with E-state index in [4.69, 9.17) is 4.74 Å². The molecule has 0 amide bonds. The van der Waals surface area contributed by atoms with Gasteiger partial charge in [-0.15, -0.1) is 0 Å². The Morgan fingerprint density at radius 1 is 1.31 bits per heavy atom. The number of aromatic nitrogens is 2. The fourth-order valence-electron chi connectivity index (χ4n) is 4.20. The zero-order chi connectivity index (χ0) is 21.0. The minimum absolute atomic E-state index is 0.165. The quantitative estimate of drug-likeness (QED) is 0.634. The van der Waals surface area contributed by atoms with Crippen molar-refractivity contribution in [1.82, 2.24) is 14.7 Å². The number of carbonyl (C=O) groups is 1. The zero-order valence-corrected chi connectivity index (χ0v) is 18.1. The van der Waals surface area contributed by atoms with Crippen molar-refractivity contribution in [2.45, 2.75) is 45.6 Å². The number of carbonyl (C=O) groups excluding carboxylic acids is 1. The number of H-pyrrole nitrogens is 1. The van der Waals surface area contributed by atoms with Crippen molar-refractivity contribution >= 4 is 32.7 Å².